The first kappa shape index (κ1) is 11.9. The van der Waals surface area contributed by atoms with E-state index in [4.69, 9.17) is 19.0 Å². The Kier molecular flexibility index (Phi) is 6.30. The summed E-state index contributed by atoms with van der Waals surface area (Å²) in [6.45, 7) is 0. The van der Waals surface area contributed by atoms with Crippen LogP contribution in [0.25, 0.3) is 0 Å². The maximum Gasteiger partial charge on any atom is 0.461 e. The minimum absolute atomic E-state index is 0.487. The Morgan fingerprint density at radius 3 is 2.08 bits per heavy atom. The maximum absolute atomic E-state index is 5.26. The van der Waals surface area contributed by atoms with Crippen molar-refractivity contribution in [3.63, 3.8) is 0 Å². The lowest BCUT2D eigenvalue weighted by molar-refractivity contribution is 0.148. The normalized spacial score (nSPS) is 13.6. The van der Waals surface area contributed by atoms with Gasteiger partial charge in [0.2, 0.25) is 0 Å². The third kappa shape index (κ3) is 3.50. The molecule has 0 aliphatic rings. The van der Waals surface area contributed by atoms with Gasteiger partial charge in [0.05, 0.1) is 0 Å². The summed E-state index contributed by atoms with van der Waals surface area (Å²) in [5.74, 6) is 0. The number of hydrogen-bond acceptors (Lipinski definition) is 4. The van der Waals surface area contributed by atoms with E-state index in [1.165, 1.54) is 0 Å². The van der Waals surface area contributed by atoms with Crippen LogP contribution in [0.2, 0.25) is 6.04 Å². The molecule has 0 bridgehead atoms. The molecular formula is C6H17NO3Si2. The minimum atomic E-state index is -2.22. The van der Waals surface area contributed by atoms with Gasteiger partial charge in [-0.1, -0.05) is 6.08 Å². The molecule has 0 aromatic carbocycles. The third-order valence-corrected chi connectivity index (χ3v) is 10.1. The molecule has 0 atom stereocenters. The molecule has 0 aliphatic carbocycles. The molecule has 2 N–H and O–H groups in total. The smallest absolute Gasteiger partial charge is 0.405 e. The number of nitrogens with two attached hydrogens (primary N) is 1. The lowest BCUT2D eigenvalue weighted by atomic mass is 10.7. The van der Waals surface area contributed by atoms with Gasteiger partial charge in [-0.2, -0.15) is 0 Å². The molecule has 0 aromatic heterocycles. The van der Waals surface area contributed by atoms with Crippen molar-refractivity contribution in [2.75, 3.05) is 21.3 Å². The first-order valence-corrected chi connectivity index (χ1v) is 8.82. The fourth-order valence-corrected chi connectivity index (χ4v) is 6.14. The van der Waals surface area contributed by atoms with Gasteiger partial charge < -0.3 is 19.0 Å². The van der Waals surface area contributed by atoms with E-state index in [-0.39, 0.29) is 0 Å². The fourth-order valence-electron chi connectivity index (χ4n) is 0.913. The summed E-state index contributed by atoms with van der Waals surface area (Å²) in [5, 5.41) is 0. The van der Waals surface area contributed by atoms with Crippen molar-refractivity contribution >= 4 is 17.4 Å². The standard InChI is InChI=1S/C6H17NO3Si2/c1-8-12(9-2,10-3)11-6-4-5-7/h4-5H,6-7,11H2,1-3H3. The van der Waals surface area contributed by atoms with Gasteiger partial charge in [-0.25, -0.2) is 0 Å². The Labute approximate surface area is 76.7 Å². The van der Waals surface area contributed by atoms with Crippen molar-refractivity contribution in [1.82, 2.24) is 0 Å². The van der Waals surface area contributed by atoms with Crippen LogP contribution in [0, 0.1) is 0 Å². The summed E-state index contributed by atoms with van der Waals surface area (Å²) in [6, 6.07) is 0.957. The van der Waals surface area contributed by atoms with E-state index in [2.05, 4.69) is 0 Å². The van der Waals surface area contributed by atoms with Gasteiger partial charge in [0.25, 0.3) is 0 Å². The van der Waals surface area contributed by atoms with Gasteiger partial charge in [0, 0.05) is 21.3 Å². The highest BCUT2D eigenvalue weighted by Gasteiger charge is 2.35. The summed E-state index contributed by atoms with van der Waals surface area (Å²) in [5.41, 5.74) is 5.22. The van der Waals surface area contributed by atoms with Crippen LogP contribution in [-0.4, -0.2) is 38.7 Å². The summed E-state index contributed by atoms with van der Waals surface area (Å²) >= 11 is 0. The van der Waals surface area contributed by atoms with E-state index in [1.54, 1.807) is 27.5 Å². The quantitative estimate of drug-likeness (QED) is 0.592. The van der Waals surface area contributed by atoms with Gasteiger partial charge >= 0.3 is 8.32 Å². The Balaban J connectivity index is 3.92. The molecule has 0 saturated heterocycles. The molecular weight excluding hydrogens is 190 g/mol. The molecule has 12 heavy (non-hydrogen) atoms. The van der Waals surface area contributed by atoms with Crippen molar-refractivity contribution in [3.05, 3.63) is 12.3 Å². The molecule has 6 heteroatoms. The molecule has 0 heterocycles. The predicted octanol–water partition coefficient (Wildman–Crippen LogP) is -0.579. The number of rotatable bonds is 6. The number of hydrogen-bond donors (Lipinski definition) is 1. The number of allylic oxidation sites excluding steroid dienone is 1. The van der Waals surface area contributed by atoms with E-state index in [9.17, 15) is 0 Å². The van der Waals surface area contributed by atoms with Gasteiger partial charge in [-0.3, -0.25) is 0 Å². The lowest BCUT2D eigenvalue weighted by Crippen LogP contribution is -2.49. The van der Waals surface area contributed by atoms with Crippen molar-refractivity contribution in [1.29, 1.82) is 0 Å². The zero-order valence-corrected chi connectivity index (χ0v) is 10.3. The Morgan fingerprint density at radius 1 is 1.25 bits per heavy atom. The highest BCUT2D eigenvalue weighted by atomic mass is 29.2. The van der Waals surface area contributed by atoms with Crippen LogP contribution >= 0.6 is 0 Å². The van der Waals surface area contributed by atoms with Crippen molar-refractivity contribution in [3.8, 4) is 0 Å². The van der Waals surface area contributed by atoms with Gasteiger partial charge in [0.15, 0.2) is 0 Å². The van der Waals surface area contributed by atoms with E-state index in [1.807, 2.05) is 6.08 Å². The highest BCUT2D eigenvalue weighted by Crippen LogP contribution is 2.05. The molecule has 0 radical (unpaired) electrons. The van der Waals surface area contributed by atoms with Crippen LogP contribution in [0.15, 0.2) is 12.3 Å². The average Bonchev–Trinajstić information content (AvgIpc) is 2.14. The third-order valence-electron chi connectivity index (χ3n) is 1.69. The molecule has 0 aliphatic heterocycles. The first-order valence-electron chi connectivity index (χ1n) is 3.77. The van der Waals surface area contributed by atoms with Crippen LogP contribution in [0.5, 0.6) is 0 Å². The molecule has 0 rings (SSSR count). The van der Waals surface area contributed by atoms with Crippen LogP contribution in [0.1, 0.15) is 0 Å². The molecule has 0 saturated carbocycles. The van der Waals surface area contributed by atoms with Crippen LogP contribution < -0.4 is 5.73 Å². The van der Waals surface area contributed by atoms with Crippen LogP contribution in [-0.2, 0) is 13.3 Å². The van der Waals surface area contributed by atoms with E-state index < -0.39 is 17.4 Å². The molecule has 0 fully saturated rings. The monoisotopic (exact) mass is 207 g/mol. The second-order valence-corrected chi connectivity index (χ2v) is 10.0. The van der Waals surface area contributed by atoms with Crippen molar-refractivity contribution in [2.45, 2.75) is 6.04 Å². The Hall–Kier alpha value is -0.146. The zero-order valence-electron chi connectivity index (χ0n) is 7.87. The summed E-state index contributed by atoms with van der Waals surface area (Å²) in [7, 11) is 2.20. The summed E-state index contributed by atoms with van der Waals surface area (Å²) in [4.78, 5) is 0. The molecule has 0 aromatic rings. The Morgan fingerprint density at radius 2 is 1.75 bits per heavy atom. The minimum Gasteiger partial charge on any atom is -0.405 e. The van der Waals surface area contributed by atoms with Gasteiger partial charge in [-0.15, -0.1) is 0 Å². The molecule has 0 unspecified atom stereocenters. The topological polar surface area (TPSA) is 53.7 Å². The zero-order chi connectivity index (χ0) is 9.45. The SMILES string of the molecule is CO[Si](OC)(OC)[SiH2]CC=CN. The van der Waals surface area contributed by atoms with Crippen molar-refractivity contribution < 1.29 is 13.3 Å². The second kappa shape index (κ2) is 6.38. The molecule has 0 spiro atoms. The Bertz CT molecular complexity index is 130. The second-order valence-electron chi connectivity index (χ2n) is 2.26. The van der Waals surface area contributed by atoms with E-state index >= 15 is 0 Å². The average molecular weight is 207 g/mol. The largest absolute Gasteiger partial charge is 0.461 e. The molecule has 72 valence electrons. The fraction of sp³-hybridized carbons (Fsp3) is 0.667. The maximum atomic E-state index is 5.26. The highest BCUT2D eigenvalue weighted by molar-refractivity contribution is 7.14. The lowest BCUT2D eigenvalue weighted by Gasteiger charge is -2.23. The van der Waals surface area contributed by atoms with Crippen molar-refractivity contribution in [2.24, 2.45) is 5.73 Å². The van der Waals surface area contributed by atoms with Crippen LogP contribution in [0.4, 0.5) is 0 Å². The van der Waals surface area contributed by atoms with Gasteiger partial charge in [-0.05, 0) is 12.2 Å². The first-order chi connectivity index (χ1) is 5.74. The predicted molar refractivity (Wildman–Crippen MR) is 53.5 cm³/mol. The molecule has 4 nitrogen and oxygen atoms in total. The van der Waals surface area contributed by atoms with E-state index in [0.29, 0.717) is 0 Å². The summed E-state index contributed by atoms with van der Waals surface area (Å²) < 4.78 is 15.8. The van der Waals surface area contributed by atoms with E-state index in [0.717, 1.165) is 6.04 Å². The van der Waals surface area contributed by atoms with Crippen LogP contribution in [0.3, 0.4) is 0 Å². The summed E-state index contributed by atoms with van der Waals surface area (Å²) in [6.07, 6.45) is 3.47. The van der Waals surface area contributed by atoms with Gasteiger partial charge in [0.1, 0.15) is 9.04 Å². The molecule has 0 amide bonds.